The molecule has 26 heavy (non-hydrogen) atoms. The monoisotopic (exact) mass is 359 g/mol. The third-order valence-corrected chi connectivity index (χ3v) is 3.55. The molecule has 0 saturated carbocycles. The number of hydrogen-bond acceptors (Lipinski definition) is 3. The van der Waals surface area contributed by atoms with Gasteiger partial charge in [0.15, 0.2) is 0 Å². The van der Waals surface area contributed by atoms with Gasteiger partial charge in [0.05, 0.1) is 6.54 Å². The summed E-state index contributed by atoms with van der Waals surface area (Å²) in [7, 11) is 1.66. The Hall–Kier alpha value is -3.09. The molecule has 0 fully saturated rings. The van der Waals surface area contributed by atoms with E-state index in [-0.39, 0.29) is 17.8 Å². The van der Waals surface area contributed by atoms with Crippen LogP contribution >= 0.6 is 0 Å². The molecule has 0 saturated heterocycles. The molecule has 0 spiro atoms. The SMILES string of the molecule is CC(=O)Nc1cccc(CNC(=O)N(C)CCOc2ccc(F)cc2)c1. The molecule has 138 valence electrons. The lowest BCUT2D eigenvalue weighted by atomic mass is 10.2. The Morgan fingerprint density at radius 3 is 2.58 bits per heavy atom. The second-order valence-electron chi connectivity index (χ2n) is 5.76. The summed E-state index contributed by atoms with van der Waals surface area (Å²) in [6.07, 6.45) is 0. The third kappa shape index (κ3) is 6.43. The minimum absolute atomic E-state index is 0.146. The number of hydrogen-bond donors (Lipinski definition) is 2. The summed E-state index contributed by atoms with van der Waals surface area (Å²) >= 11 is 0. The zero-order valence-corrected chi connectivity index (χ0v) is 14.8. The zero-order valence-electron chi connectivity index (χ0n) is 14.8. The summed E-state index contributed by atoms with van der Waals surface area (Å²) in [6, 6.07) is 12.7. The third-order valence-electron chi connectivity index (χ3n) is 3.55. The fourth-order valence-electron chi connectivity index (χ4n) is 2.21. The largest absolute Gasteiger partial charge is 0.492 e. The molecule has 0 bridgehead atoms. The van der Waals surface area contributed by atoms with E-state index in [1.54, 1.807) is 19.2 Å². The van der Waals surface area contributed by atoms with Gasteiger partial charge in [0.2, 0.25) is 5.91 Å². The molecule has 0 aliphatic heterocycles. The van der Waals surface area contributed by atoms with Crippen LogP contribution in [0.4, 0.5) is 14.9 Å². The van der Waals surface area contributed by atoms with Crippen LogP contribution in [0.3, 0.4) is 0 Å². The molecular weight excluding hydrogens is 337 g/mol. The van der Waals surface area contributed by atoms with Crippen molar-refractivity contribution in [3.05, 3.63) is 59.9 Å². The van der Waals surface area contributed by atoms with Crippen LogP contribution < -0.4 is 15.4 Å². The highest BCUT2D eigenvalue weighted by Crippen LogP contribution is 2.11. The van der Waals surface area contributed by atoms with Gasteiger partial charge in [-0.15, -0.1) is 0 Å². The lowest BCUT2D eigenvalue weighted by Crippen LogP contribution is -2.39. The van der Waals surface area contributed by atoms with Crippen molar-refractivity contribution in [2.75, 3.05) is 25.5 Å². The van der Waals surface area contributed by atoms with Gasteiger partial charge >= 0.3 is 6.03 Å². The number of halogens is 1. The van der Waals surface area contributed by atoms with E-state index >= 15 is 0 Å². The first-order chi connectivity index (χ1) is 12.4. The van der Waals surface area contributed by atoms with E-state index in [0.717, 1.165) is 5.56 Å². The Morgan fingerprint density at radius 1 is 1.15 bits per heavy atom. The molecule has 0 aliphatic carbocycles. The molecule has 2 aromatic carbocycles. The standard InChI is InChI=1S/C19H22FN3O3/c1-14(24)22-17-5-3-4-15(12-17)13-21-19(25)23(2)10-11-26-18-8-6-16(20)7-9-18/h3-9,12H,10-11,13H2,1-2H3,(H,21,25)(H,22,24). The minimum atomic E-state index is -0.323. The van der Waals surface area contributed by atoms with Crippen molar-refractivity contribution in [1.82, 2.24) is 10.2 Å². The van der Waals surface area contributed by atoms with Crippen LogP contribution in [0, 0.1) is 5.82 Å². The van der Waals surface area contributed by atoms with Gasteiger partial charge < -0.3 is 20.3 Å². The second-order valence-corrected chi connectivity index (χ2v) is 5.76. The van der Waals surface area contributed by atoms with Gasteiger partial charge in [-0.25, -0.2) is 9.18 Å². The number of rotatable bonds is 7. The van der Waals surface area contributed by atoms with Crippen molar-refractivity contribution in [2.24, 2.45) is 0 Å². The highest BCUT2D eigenvalue weighted by atomic mass is 19.1. The van der Waals surface area contributed by atoms with Crippen LogP contribution in [0.15, 0.2) is 48.5 Å². The van der Waals surface area contributed by atoms with E-state index in [4.69, 9.17) is 4.74 Å². The van der Waals surface area contributed by atoms with E-state index in [2.05, 4.69) is 10.6 Å². The van der Waals surface area contributed by atoms with Gasteiger partial charge in [-0.2, -0.15) is 0 Å². The molecule has 0 atom stereocenters. The van der Waals surface area contributed by atoms with Crippen LogP contribution in [0.1, 0.15) is 12.5 Å². The number of nitrogens with zero attached hydrogens (tertiary/aromatic N) is 1. The molecular formula is C19H22FN3O3. The van der Waals surface area contributed by atoms with E-state index in [1.165, 1.54) is 36.1 Å². The van der Waals surface area contributed by atoms with Crippen molar-refractivity contribution in [3.63, 3.8) is 0 Å². The van der Waals surface area contributed by atoms with Crippen LogP contribution in [0.5, 0.6) is 5.75 Å². The number of anilines is 1. The Kier molecular flexibility index (Phi) is 6.96. The van der Waals surface area contributed by atoms with Crippen molar-refractivity contribution >= 4 is 17.6 Å². The average molecular weight is 359 g/mol. The summed E-state index contributed by atoms with van der Waals surface area (Å²) in [4.78, 5) is 24.7. The quantitative estimate of drug-likeness (QED) is 0.798. The second kappa shape index (κ2) is 9.41. The summed E-state index contributed by atoms with van der Waals surface area (Å²) in [5.41, 5.74) is 1.56. The van der Waals surface area contributed by atoms with Crippen molar-refractivity contribution in [2.45, 2.75) is 13.5 Å². The Bertz CT molecular complexity index is 750. The molecule has 2 aromatic rings. The zero-order chi connectivity index (χ0) is 18.9. The van der Waals surface area contributed by atoms with Gasteiger partial charge in [-0.05, 0) is 42.0 Å². The van der Waals surface area contributed by atoms with E-state index < -0.39 is 0 Å². The van der Waals surface area contributed by atoms with Crippen LogP contribution in [0.25, 0.3) is 0 Å². The maximum absolute atomic E-state index is 12.8. The predicted octanol–water partition coefficient (Wildman–Crippen LogP) is 3.00. The lowest BCUT2D eigenvalue weighted by Gasteiger charge is -2.18. The highest BCUT2D eigenvalue weighted by molar-refractivity contribution is 5.88. The van der Waals surface area contributed by atoms with Crippen LogP contribution in [-0.2, 0) is 11.3 Å². The molecule has 6 nitrogen and oxygen atoms in total. The first-order valence-electron chi connectivity index (χ1n) is 8.18. The lowest BCUT2D eigenvalue weighted by molar-refractivity contribution is -0.114. The van der Waals surface area contributed by atoms with Gasteiger partial charge in [0.25, 0.3) is 0 Å². The predicted molar refractivity (Wildman–Crippen MR) is 97.5 cm³/mol. The van der Waals surface area contributed by atoms with E-state index in [9.17, 15) is 14.0 Å². The van der Waals surface area contributed by atoms with Gasteiger partial charge in [0.1, 0.15) is 18.2 Å². The normalized spacial score (nSPS) is 10.1. The number of carbonyl (C=O) groups is 2. The van der Waals surface area contributed by atoms with E-state index in [0.29, 0.717) is 31.1 Å². The number of likely N-dealkylation sites (N-methyl/N-ethyl adjacent to an activating group) is 1. The molecule has 3 amide bonds. The Labute approximate surface area is 152 Å². The topological polar surface area (TPSA) is 70.7 Å². The number of ether oxygens (including phenoxy) is 1. The minimum Gasteiger partial charge on any atom is -0.492 e. The van der Waals surface area contributed by atoms with E-state index in [1.807, 2.05) is 12.1 Å². The molecule has 0 aliphatic rings. The summed E-state index contributed by atoms with van der Waals surface area (Å²) < 4.78 is 18.3. The number of nitrogens with one attached hydrogen (secondary N) is 2. The first kappa shape index (κ1) is 19.2. The van der Waals surface area contributed by atoms with Crippen LogP contribution in [-0.4, -0.2) is 37.0 Å². The summed E-state index contributed by atoms with van der Waals surface area (Å²) in [5.74, 6) is 0.0819. The van der Waals surface area contributed by atoms with Crippen molar-refractivity contribution in [1.29, 1.82) is 0 Å². The maximum Gasteiger partial charge on any atom is 0.317 e. The smallest absolute Gasteiger partial charge is 0.317 e. The fourth-order valence-corrected chi connectivity index (χ4v) is 2.21. The molecule has 2 N–H and O–H groups in total. The summed E-state index contributed by atoms with van der Waals surface area (Å²) in [6.45, 7) is 2.47. The first-order valence-corrected chi connectivity index (χ1v) is 8.18. The Morgan fingerprint density at radius 2 is 1.88 bits per heavy atom. The highest BCUT2D eigenvalue weighted by Gasteiger charge is 2.08. The number of benzene rings is 2. The molecule has 2 rings (SSSR count). The molecule has 0 unspecified atom stereocenters. The number of carbonyl (C=O) groups excluding carboxylic acids is 2. The molecule has 0 aromatic heterocycles. The maximum atomic E-state index is 12.8. The molecule has 0 radical (unpaired) electrons. The van der Waals surface area contributed by atoms with Gasteiger partial charge in [-0.3, -0.25) is 4.79 Å². The molecule has 7 heteroatoms. The molecule has 0 heterocycles. The van der Waals surface area contributed by atoms with Gasteiger partial charge in [0, 0.05) is 26.2 Å². The average Bonchev–Trinajstić information content (AvgIpc) is 2.61. The number of amides is 3. The van der Waals surface area contributed by atoms with Crippen LogP contribution in [0.2, 0.25) is 0 Å². The van der Waals surface area contributed by atoms with Crippen molar-refractivity contribution in [3.8, 4) is 5.75 Å². The van der Waals surface area contributed by atoms with Gasteiger partial charge in [-0.1, -0.05) is 12.1 Å². The van der Waals surface area contributed by atoms with Crippen molar-refractivity contribution < 1.29 is 18.7 Å². The number of urea groups is 1. The summed E-state index contributed by atoms with van der Waals surface area (Å²) in [5, 5.41) is 5.50. The Balaban J connectivity index is 1.74. The fraction of sp³-hybridized carbons (Fsp3) is 0.263.